The third-order valence-electron chi connectivity index (χ3n) is 4.70. The molecule has 0 radical (unpaired) electrons. The lowest BCUT2D eigenvalue weighted by molar-refractivity contribution is -0.122. The van der Waals surface area contributed by atoms with Gasteiger partial charge in [-0.3, -0.25) is 14.5 Å². The summed E-state index contributed by atoms with van der Waals surface area (Å²) < 4.78 is 4.96. The molecule has 0 aliphatic carbocycles. The summed E-state index contributed by atoms with van der Waals surface area (Å²) in [5.41, 5.74) is 1.97. The predicted molar refractivity (Wildman–Crippen MR) is 102 cm³/mol. The quantitative estimate of drug-likeness (QED) is 0.716. The van der Waals surface area contributed by atoms with Gasteiger partial charge in [-0.2, -0.15) is 0 Å². The average molecular weight is 361 g/mol. The Morgan fingerprint density at radius 3 is 2.35 bits per heavy atom. The van der Waals surface area contributed by atoms with Crippen LogP contribution in [0.2, 0.25) is 0 Å². The van der Waals surface area contributed by atoms with Crippen LogP contribution in [0.1, 0.15) is 42.1 Å². The highest BCUT2D eigenvalue weighted by Crippen LogP contribution is 2.16. The number of methoxy groups -OCH3 is 1. The largest absolute Gasteiger partial charge is 0.385 e. The van der Waals surface area contributed by atoms with Crippen LogP contribution in [-0.2, 0) is 9.53 Å². The van der Waals surface area contributed by atoms with Crippen LogP contribution < -0.4 is 5.32 Å². The monoisotopic (exact) mass is 361 g/mol. The van der Waals surface area contributed by atoms with Crippen LogP contribution in [0.5, 0.6) is 0 Å². The first kappa shape index (κ1) is 20.4. The number of hydrogen-bond donors (Lipinski definition) is 1. The maximum absolute atomic E-state index is 12.6. The Labute approximate surface area is 156 Å². The molecule has 6 heteroatoms. The second-order valence-electron chi connectivity index (χ2n) is 7.04. The summed E-state index contributed by atoms with van der Waals surface area (Å²) in [6, 6.07) is 7.89. The number of hydrogen-bond acceptors (Lipinski definition) is 4. The molecular weight excluding hydrogens is 330 g/mol. The van der Waals surface area contributed by atoms with Crippen molar-refractivity contribution in [3.05, 3.63) is 35.4 Å². The fourth-order valence-electron chi connectivity index (χ4n) is 3.01. The van der Waals surface area contributed by atoms with Crippen LogP contribution in [-0.4, -0.2) is 74.6 Å². The van der Waals surface area contributed by atoms with Gasteiger partial charge in [-0.15, -0.1) is 0 Å². The molecule has 0 unspecified atom stereocenters. The van der Waals surface area contributed by atoms with Crippen molar-refractivity contribution in [1.82, 2.24) is 15.1 Å². The Morgan fingerprint density at radius 2 is 1.77 bits per heavy atom. The van der Waals surface area contributed by atoms with Crippen molar-refractivity contribution in [1.29, 1.82) is 0 Å². The van der Waals surface area contributed by atoms with Crippen molar-refractivity contribution in [2.75, 3.05) is 53.0 Å². The van der Waals surface area contributed by atoms with Gasteiger partial charge in [0.05, 0.1) is 6.54 Å². The predicted octanol–water partition coefficient (Wildman–Crippen LogP) is 1.72. The number of nitrogens with zero attached hydrogens (tertiary/aromatic N) is 2. The lowest BCUT2D eigenvalue weighted by Gasteiger charge is -2.34. The summed E-state index contributed by atoms with van der Waals surface area (Å²) in [5, 5.41) is 2.90. The molecule has 1 heterocycles. The van der Waals surface area contributed by atoms with E-state index in [1.165, 1.54) is 5.56 Å². The molecule has 0 spiro atoms. The molecule has 6 nitrogen and oxygen atoms in total. The first-order valence-electron chi connectivity index (χ1n) is 9.38. The number of carbonyl (C=O) groups excluding carboxylic acids is 2. The summed E-state index contributed by atoms with van der Waals surface area (Å²) in [6.45, 7) is 8.72. The third kappa shape index (κ3) is 6.11. The van der Waals surface area contributed by atoms with E-state index in [0.717, 1.165) is 25.1 Å². The normalized spacial score (nSPS) is 15.3. The van der Waals surface area contributed by atoms with Crippen molar-refractivity contribution in [2.45, 2.75) is 26.2 Å². The van der Waals surface area contributed by atoms with E-state index in [0.29, 0.717) is 38.7 Å². The van der Waals surface area contributed by atoms with Gasteiger partial charge < -0.3 is 15.0 Å². The van der Waals surface area contributed by atoms with Crippen molar-refractivity contribution in [3.63, 3.8) is 0 Å². The Hall–Kier alpha value is -1.92. The van der Waals surface area contributed by atoms with Gasteiger partial charge in [0.15, 0.2) is 0 Å². The summed E-state index contributed by atoms with van der Waals surface area (Å²) in [6.07, 6.45) is 0.820. The fraction of sp³-hybridized carbons (Fsp3) is 0.600. The zero-order valence-corrected chi connectivity index (χ0v) is 16.2. The summed E-state index contributed by atoms with van der Waals surface area (Å²) in [5.74, 6) is 0.567. The number of rotatable bonds is 8. The Balaban J connectivity index is 1.75. The first-order valence-corrected chi connectivity index (χ1v) is 9.38. The lowest BCUT2D eigenvalue weighted by atomic mass is 10.0. The zero-order chi connectivity index (χ0) is 18.9. The second-order valence-corrected chi connectivity index (χ2v) is 7.04. The van der Waals surface area contributed by atoms with Crippen LogP contribution in [0, 0.1) is 0 Å². The Bertz CT molecular complexity index is 578. The Morgan fingerprint density at radius 1 is 1.12 bits per heavy atom. The molecule has 0 bridgehead atoms. The molecule has 0 atom stereocenters. The van der Waals surface area contributed by atoms with Crippen molar-refractivity contribution in [2.24, 2.45) is 0 Å². The van der Waals surface area contributed by atoms with Gasteiger partial charge in [0.1, 0.15) is 0 Å². The smallest absolute Gasteiger partial charge is 0.253 e. The number of nitrogens with one attached hydrogen (secondary N) is 1. The van der Waals surface area contributed by atoms with E-state index in [2.05, 4.69) is 24.1 Å². The highest BCUT2D eigenvalue weighted by atomic mass is 16.5. The standard InChI is InChI=1S/C20H31N3O3/c1-16(2)17-5-7-18(8-6-17)20(25)23-12-10-22(11-13-23)15-19(24)21-9-4-14-26-3/h5-8,16H,4,9-15H2,1-3H3,(H,21,24). The minimum absolute atomic E-state index is 0.0325. The van der Waals surface area contributed by atoms with Gasteiger partial charge in [0.2, 0.25) is 5.91 Å². The molecule has 0 saturated carbocycles. The highest BCUT2D eigenvalue weighted by molar-refractivity contribution is 5.94. The van der Waals surface area contributed by atoms with E-state index >= 15 is 0 Å². The first-order chi connectivity index (χ1) is 12.5. The zero-order valence-electron chi connectivity index (χ0n) is 16.2. The second kappa shape index (κ2) is 10.3. The molecule has 2 rings (SSSR count). The van der Waals surface area contributed by atoms with Crippen LogP contribution >= 0.6 is 0 Å². The molecule has 1 fully saturated rings. The van der Waals surface area contributed by atoms with Crippen LogP contribution in [0.15, 0.2) is 24.3 Å². The average Bonchev–Trinajstić information content (AvgIpc) is 2.65. The molecule has 2 amide bonds. The van der Waals surface area contributed by atoms with E-state index < -0.39 is 0 Å². The van der Waals surface area contributed by atoms with Crippen LogP contribution in [0.25, 0.3) is 0 Å². The van der Waals surface area contributed by atoms with Crippen molar-refractivity contribution >= 4 is 11.8 Å². The third-order valence-corrected chi connectivity index (χ3v) is 4.70. The fourth-order valence-corrected chi connectivity index (χ4v) is 3.01. The topological polar surface area (TPSA) is 61.9 Å². The van der Waals surface area contributed by atoms with Gasteiger partial charge in [0, 0.05) is 52.0 Å². The van der Waals surface area contributed by atoms with Gasteiger partial charge in [0.25, 0.3) is 5.91 Å². The number of piperazine rings is 1. The van der Waals surface area contributed by atoms with E-state index in [1.54, 1.807) is 7.11 Å². The maximum atomic E-state index is 12.6. The van der Waals surface area contributed by atoms with Crippen LogP contribution in [0.3, 0.4) is 0 Å². The molecule has 0 aromatic heterocycles. The lowest BCUT2D eigenvalue weighted by Crippen LogP contribution is -2.51. The SMILES string of the molecule is COCCCNC(=O)CN1CCN(C(=O)c2ccc(C(C)C)cc2)CC1. The molecule has 1 aliphatic heterocycles. The number of amides is 2. The molecular formula is C20H31N3O3. The van der Waals surface area contributed by atoms with Crippen molar-refractivity contribution < 1.29 is 14.3 Å². The summed E-state index contributed by atoms with van der Waals surface area (Å²) in [7, 11) is 1.65. The van der Waals surface area contributed by atoms with Gasteiger partial charge >= 0.3 is 0 Å². The minimum Gasteiger partial charge on any atom is -0.385 e. The molecule has 1 N–H and O–H groups in total. The molecule has 1 aliphatic rings. The highest BCUT2D eigenvalue weighted by Gasteiger charge is 2.23. The maximum Gasteiger partial charge on any atom is 0.253 e. The van der Waals surface area contributed by atoms with E-state index in [4.69, 9.17) is 4.74 Å². The Kier molecular flexibility index (Phi) is 8.06. The molecule has 1 aromatic rings. The van der Waals surface area contributed by atoms with Gasteiger partial charge in [-0.1, -0.05) is 26.0 Å². The summed E-state index contributed by atoms with van der Waals surface area (Å²) >= 11 is 0. The number of carbonyl (C=O) groups is 2. The van der Waals surface area contributed by atoms with Crippen LogP contribution in [0.4, 0.5) is 0 Å². The number of ether oxygens (including phenoxy) is 1. The molecule has 1 aromatic carbocycles. The van der Waals surface area contributed by atoms with E-state index in [9.17, 15) is 9.59 Å². The molecule has 144 valence electrons. The van der Waals surface area contributed by atoms with Crippen molar-refractivity contribution in [3.8, 4) is 0 Å². The van der Waals surface area contributed by atoms with E-state index in [-0.39, 0.29) is 11.8 Å². The van der Waals surface area contributed by atoms with E-state index in [1.807, 2.05) is 29.2 Å². The number of benzene rings is 1. The summed E-state index contributed by atoms with van der Waals surface area (Å²) in [4.78, 5) is 28.5. The van der Waals surface area contributed by atoms with Gasteiger partial charge in [-0.05, 0) is 30.0 Å². The minimum atomic E-state index is 0.0325. The molecule has 1 saturated heterocycles. The molecule has 26 heavy (non-hydrogen) atoms. The van der Waals surface area contributed by atoms with Gasteiger partial charge in [-0.25, -0.2) is 0 Å².